The molecule has 0 bridgehead atoms. The van der Waals surface area contributed by atoms with Crippen LogP contribution in [0.3, 0.4) is 0 Å². The Labute approximate surface area is 124 Å². The lowest BCUT2D eigenvalue weighted by Gasteiger charge is -2.39. The number of nitrogens with one attached hydrogen (secondary N) is 2. The lowest BCUT2D eigenvalue weighted by Crippen LogP contribution is -2.67. The number of rotatable bonds is 11. The Morgan fingerprint density at radius 1 is 0.700 bits per heavy atom. The van der Waals surface area contributed by atoms with Gasteiger partial charge in [-0.3, -0.25) is 10.6 Å². The van der Waals surface area contributed by atoms with E-state index in [4.69, 9.17) is 0 Å². The van der Waals surface area contributed by atoms with Gasteiger partial charge in [-0.2, -0.15) is 0 Å². The molecule has 20 heavy (non-hydrogen) atoms. The Bertz CT molecular complexity index is 200. The van der Waals surface area contributed by atoms with Crippen molar-refractivity contribution in [2.24, 2.45) is 0 Å². The summed E-state index contributed by atoms with van der Waals surface area (Å²) in [6.07, 6.45) is -0.0540. The maximum absolute atomic E-state index is 9.23. The van der Waals surface area contributed by atoms with Gasteiger partial charge in [0.1, 0.15) is 0 Å². The molecule has 0 aromatic rings. The smallest absolute Gasteiger partial charge is 0.0893 e. The van der Waals surface area contributed by atoms with Crippen LogP contribution in [0, 0.1) is 0 Å². The first kappa shape index (κ1) is 22.3. The van der Waals surface area contributed by atoms with Gasteiger partial charge < -0.3 is 30.6 Å². The maximum atomic E-state index is 9.23. The Hall–Kier alpha value is -0.0300. The minimum atomic E-state index is -1.28. The average molecular weight is 319 g/mol. The number of aliphatic hydroxyl groups excluding tert-OH is 6. The highest BCUT2D eigenvalue weighted by molar-refractivity contribution is 5.85. The molecule has 0 aliphatic rings. The highest BCUT2D eigenvalue weighted by Crippen LogP contribution is 2.09. The minimum Gasteiger partial charge on any atom is -0.394 e. The van der Waals surface area contributed by atoms with E-state index in [0.29, 0.717) is 6.42 Å². The van der Waals surface area contributed by atoms with Gasteiger partial charge in [-0.05, 0) is 6.42 Å². The zero-order chi connectivity index (χ0) is 14.9. The van der Waals surface area contributed by atoms with Crippen molar-refractivity contribution in [1.29, 1.82) is 0 Å². The van der Waals surface area contributed by atoms with Crippen LogP contribution in [0.1, 0.15) is 13.3 Å². The van der Waals surface area contributed by atoms with E-state index in [9.17, 15) is 30.6 Å². The van der Waals surface area contributed by atoms with Crippen LogP contribution in [0.4, 0.5) is 0 Å². The van der Waals surface area contributed by atoms with Gasteiger partial charge in [0.2, 0.25) is 0 Å². The second kappa shape index (κ2) is 10.7. The molecule has 0 spiro atoms. The Balaban J connectivity index is 0. The summed E-state index contributed by atoms with van der Waals surface area (Å²) in [5.74, 6) is 0. The van der Waals surface area contributed by atoms with Crippen LogP contribution in [-0.4, -0.2) is 87.5 Å². The molecule has 0 aliphatic heterocycles. The number of hydrogen-bond acceptors (Lipinski definition) is 8. The first-order valence-electron chi connectivity index (χ1n) is 6.21. The Kier molecular flexibility index (Phi) is 11.9. The molecular formula is C11H27ClN2O6. The van der Waals surface area contributed by atoms with E-state index in [1.54, 1.807) is 6.92 Å². The van der Waals surface area contributed by atoms with Crippen LogP contribution < -0.4 is 10.6 Å². The van der Waals surface area contributed by atoms with Crippen LogP contribution in [0.2, 0.25) is 0 Å². The fourth-order valence-corrected chi connectivity index (χ4v) is 1.55. The van der Waals surface area contributed by atoms with E-state index >= 15 is 0 Å². The monoisotopic (exact) mass is 318 g/mol. The van der Waals surface area contributed by atoms with Crippen molar-refractivity contribution >= 4 is 12.4 Å². The molecule has 0 amide bonds. The normalized spacial score (nSPS) is 12.6. The summed E-state index contributed by atoms with van der Waals surface area (Å²) in [6.45, 7) is -1.11. The molecular weight excluding hydrogens is 292 g/mol. The molecule has 124 valence electrons. The molecule has 0 aromatic heterocycles. The van der Waals surface area contributed by atoms with Crippen LogP contribution in [0.25, 0.3) is 0 Å². The molecule has 0 aromatic carbocycles. The summed E-state index contributed by atoms with van der Waals surface area (Å²) in [5.41, 5.74) is -2.56. The van der Waals surface area contributed by atoms with Crippen LogP contribution in [0.5, 0.6) is 0 Å². The van der Waals surface area contributed by atoms with Crippen molar-refractivity contribution in [2.45, 2.75) is 30.6 Å². The number of halogens is 1. The van der Waals surface area contributed by atoms with Crippen LogP contribution in [0.15, 0.2) is 0 Å². The molecule has 0 saturated heterocycles. The van der Waals surface area contributed by atoms with Crippen LogP contribution in [-0.2, 0) is 0 Å². The molecule has 0 saturated carbocycles. The molecule has 0 atom stereocenters. The van der Waals surface area contributed by atoms with E-state index in [2.05, 4.69) is 10.6 Å². The summed E-state index contributed by atoms with van der Waals surface area (Å²) in [7, 11) is 0. The summed E-state index contributed by atoms with van der Waals surface area (Å²) in [6, 6.07) is 0. The molecule has 0 heterocycles. The lowest BCUT2D eigenvalue weighted by atomic mass is 10.00. The van der Waals surface area contributed by atoms with E-state index < -0.39 is 56.9 Å². The van der Waals surface area contributed by atoms with Gasteiger partial charge in [0.15, 0.2) is 0 Å². The summed E-state index contributed by atoms with van der Waals surface area (Å²) < 4.78 is 0. The van der Waals surface area contributed by atoms with Crippen molar-refractivity contribution < 1.29 is 30.6 Å². The maximum Gasteiger partial charge on any atom is 0.0893 e. The third-order valence-corrected chi connectivity index (χ3v) is 3.19. The molecule has 8 nitrogen and oxygen atoms in total. The third-order valence-electron chi connectivity index (χ3n) is 3.19. The fourth-order valence-electron chi connectivity index (χ4n) is 1.55. The second-order valence-electron chi connectivity index (χ2n) is 4.76. The van der Waals surface area contributed by atoms with Gasteiger partial charge in [0, 0.05) is 0 Å². The van der Waals surface area contributed by atoms with Gasteiger partial charge in [0.25, 0.3) is 0 Å². The second-order valence-corrected chi connectivity index (χ2v) is 4.76. The highest BCUT2D eigenvalue weighted by atomic mass is 35.5. The number of aliphatic hydroxyl groups is 6. The largest absolute Gasteiger partial charge is 0.394 e. The quantitative estimate of drug-likeness (QED) is 0.185. The van der Waals surface area contributed by atoms with Gasteiger partial charge in [-0.1, -0.05) is 6.92 Å². The van der Waals surface area contributed by atoms with Gasteiger partial charge >= 0.3 is 0 Å². The van der Waals surface area contributed by atoms with E-state index in [1.807, 2.05) is 0 Å². The predicted molar refractivity (Wildman–Crippen MR) is 75.6 cm³/mol. The minimum absolute atomic E-state index is 0. The zero-order valence-electron chi connectivity index (χ0n) is 11.6. The van der Waals surface area contributed by atoms with Crippen LogP contribution >= 0.6 is 12.4 Å². The van der Waals surface area contributed by atoms with Crippen molar-refractivity contribution in [3.05, 3.63) is 0 Å². The molecule has 0 aliphatic carbocycles. The fraction of sp³-hybridized carbons (Fsp3) is 1.00. The summed E-state index contributed by atoms with van der Waals surface area (Å²) in [4.78, 5) is 0. The average Bonchev–Trinajstić information content (AvgIpc) is 2.49. The highest BCUT2D eigenvalue weighted by Gasteiger charge is 2.35. The molecule has 9 heteroatoms. The Morgan fingerprint density at radius 3 is 1.10 bits per heavy atom. The van der Waals surface area contributed by atoms with Gasteiger partial charge in [-0.15, -0.1) is 12.4 Å². The standard InChI is InChI=1S/C11H26N2O6.ClH/c1-2-9(12-10(3-14,4-15)5-16)13-11(6-17,7-18)8-19;/h9,12-19H,2-8H2,1H3;1H. The summed E-state index contributed by atoms with van der Waals surface area (Å²) >= 11 is 0. The number of hydrogen-bond donors (Lipinski definition) is 8. The lowest BCUT2D eigenvalue weighted by molar-refractivity contribution is 0.00214. The van der Waals surface area contributed by atoms with Crippen molar-refractivity contribution in [1.82, 2.24) is 10.6 Å². The van der Waals surface area contributed by atoms with Crippen molar-refractivity contribution in [2.75, 3.05) is 39.6 Å². The molecule has 8 N–H and O–H groups in total. The molecule has 0 unspecified atom stereocenters. The predicted octanol–water partition coefficient (Wildman–Crippen LogP) is -3.25. The Morgan fingerprint density at radius 2 is 0.950 bits per heavy atom. The van der Waals surface area contributed by atoms with Gasteiger partial charge in [0.05, 0.1) is 56.9 Å². The van der Waals surface area contributed by atoms with Gasteiger partial charge in [-0.25, -0.2) is 0 Å². The molecule has 0 fully saturated rings. The molecule has 0 rings (SSSR count). The molecule has 0 radical (unpaired) electrons. The topological polar surface area (TPSA) is 145 Å². The third kappa shape index (κ3) is 5.76. The van der Waals surface area contributed by atoms with E-state index in [0.717, 1.165) is 0 Å². The van der Waals surface area contributed by atoms with Crippen molar-refractivity contribution in [3.63, 3.8) is 0 Å². The van der Waals surface area contributed by atoms with E-state index in [1.165, 1.54) is 0 Å². The first-order valence-corrected chi connectivity index (χ1v) is 6.21. The SMILES string of the molecule is CCC(NC(CO)(CO)CO)NC(CO)(CO)CO.Cl. The summed E-state index contributed by atoms with van der Waals surface area (Å²) in [5, 5.41) is 61.1. The first-order chi connectivity index (χ1) is 9.00. The van der Waals surface area contributed by atoms with E-state index in [-0.39, 0.29) is 12.4 Å². The van der Waals surface area contributed by atoms with Crippen molar-refractivity contribution in [3.8, 4) is 0 Å². The zero-order valence-corrected chi connectivity index (χ0v) is 12.4.